The molecule has 1 heterocycles. The minimum absolute atomic E-state index is 0.0339. The summed E-state index contributed by atoms with van der Waals surface area (Å²) < 4.78 is 26.6. The predicted octanol–water partition coefficient (Wildman–Crippen LogP) is 1.83. The molecule has 0 bridgehead atoms. The third-order valence-electron chi connectivity index (χ3n) is 3.01. The molecule has 3 N–H and O–H groups in total. The standard InChI is InChI=1S/C11H14BrClN2O3S/c12-11-9(14)4-7(13)5-10(11)19(17,18)15-3-1-2-8(16)6-15/h4-5,8,16H,1-3,6,14H2. The van der Waals surface area contributed by atoms with E-state index in [-0.39, 0.29) is 22.2 Å². The third kappa shape index (κ3) is 3.05. The SMILES string of the molecule is Nc1cc(Cl)cc(S(=O)(=O)N2CCCC(O)C2)c1Br. The Morgan fingerprint density at radius 3 is 2.79 bits per heavy atom. The molecule has 1 aromatic carbocycles. The first-order valence-electron chi connectivity index (χ1n) is 5.75. The van der Waals surface area contributed by atoms with Gasteiger partial charge in [-0.2, -0.15) is 4.31 Å². The summed E-state index contributed by atoms with van der Waals surface area (Å²) in [6.07, 6.45) is 0.623. The minimum Gasteiger partial charge on any atom is -0.398 e. The number of sulfonamides is 1. The summed E-state index contributed by atoms with van der Waals surface area (Å²) in [6.45, 7) is 0.486. The number of benzene rings is 1. The molecule has 19 heavy (non-hydrogen) atoms. The average Bonchev–Trinajstić information content (AvgIpc) is 2.33. The summed E-state index contributed by atoms with van der Waals surface area (Å²) in [5.41, 5.74) is 5.98. The molecule has 1 atom stereocenters. The van der Waals surface area contributed by atoms with Gasteiger partial charge in [-0.25, -0.2) is 8.42 Å². The van der Waals surface area contributed by atoms with E-state index in [2.05, 4.69) is 15.9 Å². The molecule has 1 aliphatic rings. The number of hydrogen-bond acceptors (Lipinski definition) is 4. The van der Waals surface area contributed by atoms with Crippen LogP contribution in [0.25, 0.3) is 0 Å². The molecule has 5 nitrogen and oxygen atoms in total. The van der Waals surface area contributed by atoms with Gasteiger partial charge in [0.15, 0.2) is 0 Å². The molecule has 2 rings (SSSR count). The summed E-state index contributed by atoms with van der Waals surface area (Å²) in [5.74, 6) is 0. The Bertz CT molecular complexity index is 594. The van der Waals surface area contributed by atoms with Crippen LogP contribution in [0, 0.1) is 0 Å². The fourth-order valence-corrected chi connectivity index (χ4v) is 4.82. The largest absolute Gasteiger partial charge is 0.398 e. The van der Waals surface area contributed by atoms with Gasteiger partial charge in [0.05, 0.1) is 15.5 Å². The third-order valence-corrected chi connectivity index (χ3v) is 6.26. The number of nitrogens with two attached hydrogens (primary N) is 1. The van der Waals surface area contributed by atoms with Crippen molar-refractivity contribution in [2.45, 2.75) is 23.8 Å². The first-order valence-corrected chi connectivity index (χ1v) is 8.36. The topological polar surface area (TPSA) is 83.6 Å². The van der Waals surface area contributed by atoms with Gasteiger partial charge in [0.2, 0.25) is 10.0 Å². The van der Waals surface area contributed by atoms with Crippen molar-refractivity contribution in [3.05, 3.63) is 21.6 Å². The lowest BCUT2D eigenvalue weighted by molar-refractivity contribution is 0.108. The molecule has 1 unspecified atom stereocenters. The summed E-state index contributed by atoms with van der Waals surface area (Å²) >= 11 is 9.04. The molecule has 1 aliphatic heterocycles. The molecule has 0 aromatic heterocycles. The molecule has 0 radical (unpaired) electrons. The Morgan fingerprint density at radius 1 is 1.47 bits per heavy atom. The Hall–Kier alpha value is -0.340. The molecular formula is C11H14BrClN2O3S. The van der Waals surface area contributed by atoms with Crippen molar-refractivity contribution in [2.24, 2.45) is 0 Å². The molecule has 0 spiro atoms. The number of β-amino-alcohol motifs (C(OH)–C–C–N with tert-alkyl or cyclic N) is 1. The van der Waals surface area contributed by atoms with Gasteiger partial charge in [-0.05, 0) is 40.9 Å². The second-order valence-electron chi connectivity index (χ2n) is 4.47. The van der Waals surface area contributed by atoms with Crippen LogP contribution in [0.2, 0.25) is 5.02 Å². The Morgan fingerprint density at radius 2 is 2.16 bits per heavy atom. The molecule has 8 heteroatoms. The van der Waals surface area contributed by atoms with E-state index in [0.717, 1.165) is 0 Å². The number of aliphatic hydroxyl groups is 1. The predicted molar refractivity (Wildman–Crippen MR) is 77.6 cm³/mol. The quantitative estimate of drug-likeness (QED) is 0.779. The maximum absolute atomic E-state index is 12.5. The zero-order chi connectivity index (χ0) is 14.2. The van der Waals surface area contributed by atoms with Crippen LogP contribution in [0.4, 0.5) is 5.69 Å². The Labute approximate surface area is 125 Å². The first-order chi connectivity index (χ1) is 8.82. The Kier molecular flexibility index (Phi) is 4.42. The summed E-state index contributed by atoms with van der Waals surface area (Å²) in [6, 6.07) is 2.84. The van der Waals surface area contributed by atoms with Gasteiger partial charge in [-0.15, -0.1) is 0 Å². The fraction of sp³-hybridized carbons (Fsp3) is 0.455. The first kappa shape index (κ1) is 15.1. The highest BCUT2D eigenvalue weighted by molar-refractivity contribution is 9.10. The molecule has 0 saturated carbocycles. The maximum Gasteiger partial charge on any atom is 0.244 e. The van der Waals surface area contributed by atoms with Gasteiger partial charge in [-0.1, -0.05) is 11.6 Å². The van der Waals surface area contributed by atoms with Crippen LogP contribution < -0.4 is 5.73 Å². The van der Waals surface area contributed by atoms with Crippen LogP contribution >= 0.6 is 27.5 Å². The van der Waals surface area contributed by atoms with Gasteiger partial charge >= 0.3 is 0 Å². The molecular weight excluding hydrogens is 356 g/mol. The number of anilines is 1. The molecule has 0 aliphatic carbocycles. The van der Waals surface area contributed by atoms with Crippen LogP contribution in [0.15, 0.2) is 21.5 Å². The molecule has 1 saturated heterocycles. The van der Waals surface area contributed by atoms with Crippen molar-refractivity contribution < 1.29 is 13.5 Å². The fourth-order valence-electron chi connectivity index (χ4n) is 2.05. The van der Waals surface area contributed by atoms with Crippen molar-refractivity contribution in [3.8, 4) is 0 Å². The van der Waals surface area contributed by atoms with Gasteiger partial charge in [0.1, 0.15) is 0 Å². The van der Waals surface area contributed by atoms with E-state index in [1.165, 1.54) is 16.4 Å². The second-order valence-corrected chi connectivity index (χ2v) is 7.60. The molecule has 1 fully saturated rings. The molecule has 0 amide bonds. The van der Waals surface area contributed by atoms with E-state index in [9.17, 15) is 13.5 Å². The smallest absolute Gasteiger partial charge is 0.244 e. The highest BCUT2D eigenvalue weighted by Gasteiger charge is 2.31. The van der Waals surface area contributed by atoms with Gasteiger partial charge in [0, 0.05) is 23.8 Å². The number of nitrogen functional groups attached to an aromatic ring is 1. The van der Waals surface area contributed by atoms with Crippen LogP contribution in [0.3, 0.4) is 0 Å². The number of rotatable bonds is 2. The van der Waals surface area contributed by atoms with Crippen LogP contribution in [-0.2, 0) is 10.0 Å². The lowest BCUT2D eigenvalue weighted by Gasteiger charge is -2.29. The van der Waals surface area contributed by atoms with Crippen LogP contribution in [0.5, 0.6) is 0 Å². The van der Waals surface area contributed by atoms with E-state index >= 15 is 0 Å². The van der Waals surface area contributed by atoms with Crippen LogP contribution in [-0.4, -0.2) is 37.0 Å². The van der Waals surface area contributed by atoms with E-state index < -0.39 is 16.1 Å². The van der Waals surface area contributed by atoms with E-state index in [1.54, 1.807) is 0 Å². The molecule has 1 aromatic rings. The summed E-state index contributed by atoms with van der Waals surface area (Å²) in [5, 5.41) is 9.86. The maximum atomic E-state index is 12.5. The van der Waals surface area contributed by atoms with Crippen molar-refractivity contribution in [2.75, 3.05) is 18.8 Å². The zero-order valence-corrected chi connectivity index (χ0v) is 13.2. The van der Waals surface area contributed by atoms with Crippen molar-refractivity contribution in [3.63, 3.8) is 0 Å². The van der Waals surface area contributed by atoms with E-state index in [0.29, 0.717) is 23.9 Å². The lowest BCUT2D eigenvalue weighted by atomic mass is 10.1. The van der Waals surface area contributed by atoms with Crippen molar-refractivity contribution in [1.29, 1.82) is 0 Å². The number of hydrogen-bond donors (Lipinski definition) is 2. The van der Waals surface area contributed by atoms with Crippen molar-refractivity contribution >= 4 is 43.2 Å². The van der Waals surface area contributed by atoms with E-state index in [4.69, 9.17) is 17.3 Å². The summed E-state index contributed by atoms with van der Waals surface area (Å²) in [4.78, 5) is 0.0339. The number of piperidine rings is 1. The zero-order valence-electron chi connectivity index (χ0n) is 10.0. The van der Waals surface area contributed by atoms with Gasteiger partial charge < -0.3 is 10.8 Å². The average molecular weight is 370 g/mol. The minimum atomic E-state index is -3.71. The number of halogens is 2. The van der Waals surface area contributed by atoms with Gasteiger partial charge in [0.25, 0.3) is 0 Å². The highest BCUT2D eigenvalue weighted by Crippen LogP contribution is 2.34. The molecule has 106 valence electrons. The van der Waals surface area contributed by atoms with Gasteiger partial charge in [-0.3, -0.25) is 0 Å². The number of aliphatic hydroxyl groups excluding tert-OH is 1. The van der Waals surface area contributed by atoms with E-state index in [1.807, 2.05) is 0 Å². The Balaban J connectivity index is 2.45. The highest BCUT2D eigenvalue weighted by atomic mass is 79.9. The lowest BCUT2D eigenvalue weighted by Crippen LogP contribution is -2.42. The monoisotopic (exact) mass is 368 g/mol. The van der Waals surface area contributed by atoms with Crippen LogP contribution in [0.1, 0.15) is 12.8 Å². The second kappa shape index (κ2) is 5.57. The van der Waals surface area contributed by atoms with Crippen molar-refractivity contribution in [1.82, 2.24) is 4.31 Å². The number of nitrogens with zero attached hydrogens (tertiary/aromatic N) is 1. The summed E-state index contributed by atoms with van der Waals surface area (Å²) in [7, 11) is -3.71. The normalized spacial score (nSPS) is 21.5.